The summed E-state index contributed by atoms with van der Waals surface area (Å²) in [5, 5.41) is 3.22. The van der Waals surface area contributed by atoms with Crippen LogP contribution in [0.15, 0.2) is 48.5 Å². The van der Waals surface area contributed by atoms with Gasteiger partial charge in [-0.1, -0.05) is 44.5 Å². The van der Waals surface area contributed by atoms with Crippen LogP contribution in [0.3, 0.4) is 0 Å². The minimum absolute atomic E-state index is 0.0460. The first-order valence-corrected chi connectivity index (χ1v) is 9.02. The molecule has 2 rings (SSSR count). The van der Waals surface area contributed by atoms with Gasteiger partial charge in [-0.15, -0.1) is 0 Å². The van der Waals surface area contributed by atoms with Gasteiger partial charge in [0.1, 0.15) is 5.75 Å². The van der Waals surface area contributed by atoms with Gasteiger partial charge < -0.3 is 14.8 Å². The first-order valence-electron chi connectivity index (χ1n) is 8.64. The molecule has 2 aromatic rings. The van der Waals surface area contributed by atoms with Crippen molar-refractivity contribution in [1.29, 1.82) is 0 Å². The summed E-state index contributed by atoms with van der Waals surface area (Å²) < 4.78 is 10.5. The van der Waals surface area contributed by atoms with Gasteiger partial charge in [0, 0.05) is 10.7 Å². The predicted octanol–water partition coefficient (Wildman–Crippen LogP) is 4.59. The van der Waals surface area contributed by atoms with Gasteiger partial charge in [0.25, 0.3) is 5.91 Å². The quantitative estimate of drug-likeness (QED) is 0.734. The minimum atomic E-state index is -0.944. The number of hydrogen-bond donors (Lipinski definition) is 1. The number of carbonyl (C=O) groups excluding carboxylic acids is 2. The Labute approximate surface area is 164 Å². The van der Waals surface area contributed by atoms with Crippen LogP contribution < -0.4 is 10.1 Å². The fourth-order valence-electron chi connectivity index (χ4n) is 2.26. The van der Waals surface area contributed by atoms with Crippen LogP contribution in [0.5, 0.6) is 5.75 Å². The number of halogens is 1. The zero-order valence-electron chi connectivity index (χ0n) is 15.9. The maximum atomic E-state index is 12.1. The average Bonchev–Trinajstić information content (AvgIpc) is 2.61. The topological polar surface area (TPSA) is 64.6 Å². The number of hydrogen-bond acceptors (Lipinski definition) is 4. The second-order valence-corrected chi connectivity index (χ2v) is 7.63. The Balaban J connectivity index is 1.80. The van der Waals surface area contributed by atoms with Gasteiger partial charge in [0.15, 0.2) is 12.7 Å². The third kappa shape index (κ3) is 6.61. The Kier molecular flexibility index (Phi) is 6.86. The lowest BCUT2D eigenvalue weighted by atomic mass is 9.87. The van der Waals surface area contributed by atoms with E-state index in [0.717, 1.165) is 0 Å². The summed E-state index contributed by atoms with van der Waals surface area (Å²) in [5.41, 5.74) is 1.79. The molecule has 1 N–H and O–H groups in total. The highest BCUT2D eigenvalue weighted by Gasteiger charge is 2.18. The number of benzene rings is 2. The summed E-state index contributed by atoms with van der Waals surface area (Å²) in [6.45, 7) is 7.60. The van der Waals surface area contributed by atoms with Crippen LogP contribution in [0.1, 0.15) is 33.3 Å². The molecular weight excluding hydrogens is 366 g/mol. The van der Waals surface area contributed by atoms with Gasteiger partial charge in [-0.2, -0.15) is 0 Å². The van der Waals surface area contributed by atoms with Gasteiger partial charge >= 0.3 is 5.97 Å². The van der Waals surface area contributed by atoms with E-state index in [-0.39, 0.29) is 12.0 Å². The summed E-state index contributed by atoms with van der Waals surface area (Å²) in [7, 11) is 0. The van der Waals surface area contributed by atoms with E-state index in [2.05, 4.69) is 26.1 Å². The molecule has 0 aliphatic heterocycles. The van der Waals surface area contributed by atoms with Gasteiger partial charge in [-0.25, -0.2) is 4.79 Å². The van der Waals surface area contributed by atoms with E-state index in [0.29, 0.717) is 16.5 Å². The molecule has 0 aromatic heterocycles. The molecule has 0 aliphatic carbocycles. The molecule has 0 fully saturated rings. The number of rotatable bonds is 6. The Morgan fingerprint density at radius 1 is 1.04 bits per heavy atom. The van der Waals surface area contributed by atoms with Gasteiger partial charge in [0.05, 0.1) is 0 Å². The van der Waals surface area contributed by atoms with Gasteiger partial charge in [-0.3, -0.25) is 4.79 Å². The molecule has 144 valence electrons. The summed E-state index contributed by atoms with van der Waals surface area (Å²) >= 11 is 5.80. The lowest BCUT2D eigenvalue weighted by molar-refractivity contribution is -0.155. The number of anilines is 1. The van der Waals surface area contributed by atoms with Crippen LogP contribution in [0.2, 0.25) is 5.02 Å². The van der Waals surface area contributed by atoms with Crippen molar-refractivity contribution in [2.75, 3.05) is 11.9 Å². The SMILES string of the molecule is C[C@@H](OC(=O)COc1ccc(C(C)(C)C)cc1)C(=O)Nc1ccc(Cl)cc1. The molecule has 27 heavy (non-hydrogen) atoms. The third-order valence-electron chi connectivity index (χ3n) is 3.87. The first kappa shape index (κ1) is 20.8. The number of nitrogens with one attached hydrogen (secondary N) is 1. The molecule has 0 saturated carbocycles. The average molecular weight is 390 g/mol. The summed E-state index contributed by atoms with van der Waals surface area (Å²) in [6, 6.07) is 14.2. The monoisotopic (exact) mass is 389 g/mol. The smallest absolute Gasteiger partial charge is 0.344 e. The Hall–Kier alpha value is -2.53. The fraction of sp³-hybridized carbons (Fsp3) is 0.333. The van der Waals surface area contributed by atoms with Crippen LogP contribution in [-0.2, 0) is 19.7 Å². The second kappa shape index (κ2) is 8.91. The Bertz CT molecular complexity index is 779. The lowest BCUT2D eigenvalue weighted by Crippen LogP contribution is -2.31. The maximum Gasteiger partial charge on any atom is 0.344 e. The summed E-state index contributed by atoms with van der Waals surface area (Å²) in [5.74, 6) is -0.480. The standard InChI is InChI=1S/C21H24ClNO4/c1-14(20(25)23-17-9-7-16(22)8-10-17)27-19(24)13-26-18-11-5-15(6-12-18)21(2,3)4/h5-12,14H,13H2,1-4H3,(H,23,25)/t14-/m1/s1. The summed E-state index contributed by atoms with van der Waals surface area (Å²) in [6.07, 6.45) is -0.944. The molecule has 0 heterocycles. The van der Waals surface area contributed by atoms with E-state index in [4.69, 9.17) is 21.1 Å². The summed E-state index contributed by atoms with van der Waals surface area (Å²) in [4.78, 5) is 24.0. The Morgan fingerprint density at radius 3 is 2.19 bits per heavy atom. The molecule has 0 radical (unpaired) electrons. The van der Waals surface area contributed by atoms with Crippen molar-refractivity contribution in [1.82, 2.24) is 0 Å². The highest BCUT2D eigenvalue weighted by Crippen LogP contribution is 2.24. The van der Waals surface area contributed by atoms with Crippen molar-refractivity contribution in [3.8, 4) is 5.75 Å². The van der Waals surface area contributed by atoms with E-state index in [1.54, 1.807) is 24.3 Å². The number of ether oxygens (including phenoxy) is 2. The molecule has 0 aliphatic rings. The number of esters is 1. The fourth-order valence-corrected chi connectivity index (χ4v) is 2.38. The van der Waals surface area contributed by atoms with E-state index in [9.17, 15) is 9.59 Å². The van der Waals surface area contributed by atoms with Crippen LogP contribution >= 0.6 is 11.6 Å². The zero-order valence-corrected chi connectivity index (χ0v) is 16.7. The van der Waals surface area contributed by atoms with E-state index >= 15 is 0 Å². The third-order valence-corrected chi connectivity index (χ3v) is 4.12. The predicted molar refractivity (Wildman–Crippen MR) is 106 cm³/mol. The molecule has 1 amide bonds. The van der Waals surface area contributed by atoms with Crippen molar-refractivity contribution in [3.63, 3.8) is 0 Å². The molecule has 6 heteroatoms. The van der Waals surface area contributed by atoms with Gasteiger partial charge in [0.2, 0.25) is 0 Å². The largest absolute Gasteiger partial charge is 0.482 e. The molecule has 0 saturated heterocycles. The van der Waals surface area contributed by atoms with Crippen LogP contribution in [0.25, 0.3) is 0 Å². The lowest BCUT2D eigenvalue weighted by Gasteiger charge is -2.19. The molecule has 0 unspecified atom stereocenters. The Morgan fingerprint density at radius 2 is 1.63 bits per heavy atom. The van der Waals surface area contributed by atoms with Crippen molar-refractivity contribution in [2.45, 2.75) is 39.2 Å². The van der Waals surface area contributed by atoms with Crippen molar-refractivity contribution >= 4 is 29.2 Å². The molecule has 0 spiro atoms. The molecular formula is C21H24ClNO4. The molecule has 2 aromatic carbocycles. The maximum absolute atomic E-state index is 12.1. The van der Waals surface area contributed by atoms with Crippen molar-refractivity contribution in [3.05, 3.63) is 59.1 Å². The van der Waals surface area contributed by atoms with Crippen LogP contribution in [-0.4, -0.2) is 24.6 Å². The van der Waals surface area contributed by atoms with E-state index in [1.807, 2.05) is 24.3 Å². The normalized spacial score (nSPS) is 12.2. The van der Waals surface area contributed by atoms with E-state index < -0.39 is 18.0 Å². The van der Waals surface area contributed by atoms with Crippen molar-refractivity contribution in [2.24, 2.45) is 0 Å². The van der Waals surface area contributed by atoms with Crippen molar-refractivity contribution < 1.29 is 19.1 Å². The molecule has 0 bridgehead atoms. The first-order chi connectivity index (χ1) is 12.6. The number of amides is 1. The molecule has 1 atom stereocenters. The zero-order chi connectivity index (χ0) is 20.0. The minimum Gasteiger partial charge on any atom is -0.482 e. The highest BCUT2D eigenvalue weighted by molar-refractivity contribution is 6.30. The van der Waals surface area contributed by atoms with Crippen LogP contribution in [0.4, 0.5) is 5.69 Å². The highest BCUT2D eigenvalue weighted by atomic mass is 35.5. The van der Waals surface area contributed by atoms with E-state index in [1.165, 1.54) is 12.5 Å². The van der Waals surface area contributed by atoms with Crippen LogP contribution in [0, 0.1) is 0 Å². The molecule has 5 nitrogen and oxygen atoms in total. The second-order valence-electron chi connectivity index (χ2n) is 7.19. The van der Waals surface area contributed by atoms with Gasteiger partial charge in [-0.05, 0) is 54.3 Å². The number of carbonyl (C=O) groups is 2.